The average Bonchev–Trinajstić information content (AvgIpc) is 3.28. The molecule has 0 aromatic rings. The Morgan fingerprint density at radius 3 is 1.29 bits per heavy atom. The maximum Gasteiger partial charge on any atom is 0.306 e. The van der Waals surface area contributed by atoms with Gasteiger partial charge < -0.3 is 20.3 Å². The molecule has 0 bridgehead atoms. The van der Waals surface area contributed by atoms with Crippen LogP contribution in [-0.4, -0.2) is 46.9 Å². The number of hydrogen-bond acceptors (Lipinski definition) is 5. The van der Waals surface area contributed by atoms with Crippen molar-refractivity contribution in [3.63, 3.8) is 0 Å². The number of allylic oxidation sites excluding steroid dienone is 12. The molecule has 0 radical (unpaired) electrons. The molecule has 0 aliphatic carbocycles. The van der Waals surface area contributed by atoms with E-state index in [1.807, 2.05) is 0 Å². The molecule has 0 spiro atoms. The van der Waals surface area contributed by atoms with Crippen LogP contribution in [0.3, 0.4) is 0 Å². The van der Waals surface area contributed by atoms with Gasteiger partial charge in [0.2, 0.25) is 5.91 Å². The Hall–Kier alpha value is -2.70. The fourth-order valence-electron chi connectivity index (χ4n) is 7.68. The Labute approximate surface area is 390 Å². The molecule has 0 heterocycles. The molecular formula is C57H101NO5. The number of aliphatic hydroxyl groups is 2. The summed E-state index contributed by atoms with van der Waals surface area (Å²) >= 11 is 0. The first-order valence-electron chi connectivity index (χ1n) is 26.7. The zero-order chi connectivity index (χ0) is 45.9. The number of amides is 1. The number of hydrogen-bond donors (Lipinski definition) is 3. The maximum atomic E-state index is 13.2. The molecule has 3 unspecified atom stereocenters. The topological polar surface area (TPSA) is 95.9 Å². The Balaban J connectivity index is 4.70. The van der Waals surface area contributed by atoms with Crippen LogP contribution in [0.5, 0.6) is 0 Å². The molecule has 1 amide bonds. The summed E-state index contributed by atoms with van der Waals surface area (Å²) in [5, 5.41) is 23.7. The van der Waals surface area contributed by atoms with Crippen LogP contribution >= 0.6 is 0 Å². The first-order chi connectivity index (χ1) is 31.0. The highest BCUT2D eigenvalue weighted by Crippen LogP contribution is 2.17. The Morgan fingerprint density at radius 1 is 0.460 bits per heavy atom. The van der Waals surface area contributed by atoms with Crippen molar-refractivity contribution in [1.82, 2.24) is 5.32 Å². The molecule has 6 heteroatoms. The highest BCUT2D eigenvalue weighted by Gasteiger charge is 2.24. The molecule has 0 fully saturated rings. The highest BCUT2D eigenvalue weighted by molar-refractivity contribution is 5.77. The van der Waals surface area contributed by atoms with Gasteiger partial charge >= 0.3 is 5.97 Å². The van der Waals surface area contributed by atoms with Gasteiger partial charge in [-0.3, -0.25) is 9.59 Å². The van der Waals surface area contributed by atoms with E-state index in [1.54, 1.807) is 0 Å². The molecule has 0 saturated carbocycles. The van der Waals surface area contributed by atoms with E-state index in [1.165, 1.54) is 122 Å². The van der Waals surface area contributed by atoms with Gasteiger partial charge in [-0.1, -0.05) is 216 Å². The predicted molar refractivity (Wildman–Crippen MR) is 273 cm³/mol. The summed E-state index contributed by atoms with van der Waals surface area (Å²) < 4.78 is 5.91. The molecular weight excluding hydrogens is 779 g/mol. The van der Waals surface area contributed by atoms with Crippen molar-refractivity contribution in [2.45, 2.75) is 270 Å². The number of ether oxygens (including phenoxy) is 1. The van der Waals surface area contributed by atoms with Crippen molar-refractivity contribution in [2.75, 3.05) is 6.61 Å². The summed E-state index contributed by atoms with van der Waals surface area (Å²) in [4.78, 5) is 26.2. The molecule has 0 aliphatic heterocycles. The third kappa shape index (κ3) is 45.7. The minimum absolute atomic E-state index is 0.0345. The summed E-state index contributed by atoms with van der Waals surface area (Å²) in [7, 11) is 0. The number of unbranched alkanes of at least 4 members (excludes halogenated alkanes) is 23. The van der Waals surface area contributed by atoms with Gasteiger partial charge in [-0.15, -0.1) is 0 Å². The van der Waals surface area contributed by atoms with Crippen LogP contribution in [0.25, 0.3) is 0 Å². The lowest BCUT2D eigenvalue weighted by atomic mass is 10.0. The number of carbonyl (C=O) groups is 2. The van der Waals surface area contributed by atoms with Gasteiger partial charge in [0.15, 0.2) is 0 Å². The van der Waals surface area contributed by atoms with Crippen molar-refractivity contribution in [2.24, 2.45) is 0 Å². The third-order valence-electron chi connectivity index (χ3n) is 11.8. The van der Waals surface area contributed by atoms with Gasteiger partial charge in [-0.2, -0.15) is 0 Å². The fourth-order valence-corrected chi connectivity index (χ4v) is 7.68. The molecule has 0 aromatic carbocycles. The van der Waals surface area contributed by atoms with E-state index in [2.05, 4.69) is 99.0 Å². The zero-order valence-electron chi connectivity index (χ0n) is 41.4. The average molecular weight is 880 g/mol. The number of aliphatic hydroxyl groups excluding tert-OH is 2. The van der Waals surface area contributed by atoms with Gasteiger partial charge in [0, 0.05) is 6.42 Å². The van der Waals surface area contributed by atoms with Crippen LogP contribution in [0.1, 0.15) is 252 Å². The quantitative estimate of drug-likeness (QED) is 0.0321. The molecule has 6 nitrogen and oxygen atoms in total. The Bertz CT molecular complexity index is 1170. The molecule has 364 valence electrons. The van der Waals surface area contributed by atoms with Crippen molar-refractivity contribution in [3.8, 4) is 0 Å². The summed E-state index contributed by atoms with van der Waals surface area (Å²) in [6.07, 6.45) is 63.9. The van der Waals surface area contributed by atoms with Crippen LogP contribution in [0.2, 0.25) is 0 Å². The summed E-state index contributed by atoms with van der Waals surface area (Å²) in [5.74, 6) is -0.537. The Morgan fingerprint density at radius 2 is 0.825 bits per heavy atom. The second-order valence-corrected chi connectivity index (χ2v) is 17.9. The van der Waals surface area contributed by atoms with Gasteiger partial charge in [0.05, 0.1) is 25.2 Å². The van der Waals surface area contributed by atoms with E-state index in [4.69, 9.17) is 4.74 Å². The molecule has 3 N–H and O–H groups in total. The smallest absolute Gasteiger partial charge is 0.306 e. The fraction of sp³-hybridized carbons (Fsp3) is 0.754. The van der Waals surface area contributed by atoms with Crippen molar-refractivity contribution in [3.05, 3.63) is 72.9 Å². The first kappa shape index (κ1) is 60.3. The van der Waals surface area contributed by atoms with Crippen LogP contribution in [-0.2, 0) is 14.3 Å². The van der Waals surface area contributed by atoms with Gasteiger partial charge in [-0.25, -0.2) is 0 Å². The largest absolute Gasteiger partial charge is 0.462 e. The number of rotatable bonds is 47. The van der Waals surface area contributed by atoms with E-state index < -0.39 is 18.2 Å². The minimum atomic E-state index is -0.805. The Kier molecular flexibility index (Phi) is 48.1. The van der Waals surface area contributed by atoms with Gasteiger partial charge in [-0.05, 0) is 96.3 Å². The van der Waals surface area contributed by atoms with E-state index in [0.717, 1.165) is 83.5 Å². The lowest BCUT2D eigenvalue weighted by molar-refractivity contribution is -0.151. The highest BCUT2D eigenvalue weighted by atomic mass is 16.5. The van der Waals surface area contributed by atoms with E-state index >= 15 is 0 Å². The summed E-state index contributed by atoms with van der Waals surface area (Å²) in [5.41, 5.74) is 0. The van der Waals surface area contributed by atoms with Crippen LogP contribution in [0, 0.1) is 0 Å². The third-order valence-corrected chi connectivity index (χ3v) is 11.8. The molecule has 0 rings (SSSR count). The monoisotopic (exact) mass is 880 g/mol. The summed E-state index contributed by atoms with van der Waals surface area (Å²) in [6, 6.07) is -0.722. The first-order valence-corrected chi connectivity index (χ1v) is 26.7. The second kappa shape index (κ2) is 50.3. The standard InChI is InChI=1S/C57H101NO5/c1-4-7-10-13-16-19-22-24-26-28-30-32-34-36-39-42-45-48-53(51-56(61)58-54(52-59)55(60)49-46-43-40-37-21-18-15-12-9-6-3)63-57(62)50-47-44-41-38-35-33-31-29-27-25-23-20-17-14-11-8-5-2/h16-17,19-20,24-27,30,32,36,39,53-55,59-60H,4-15,18,21-23,28-29,31,33-35,37-38,40-52H2,1-3H3,(H,58,61)/b19-16-,20-17-,26-24-,27-25-,32-30-,39-36-. The minimum Gasteiger partial charge on any atom is -0.462 e. The number of carbonyl (C=O) groups excluding carboxylic acids is 2. The number of esters is 1. The van der Waals surface area contributed by atoms with Crippen molar-refractivity contribution < 1.29 is 24.5 Å². The molecule has 0 aliphatic rings. The van der Waals surface area contributed by atoms with Crippen molar-refractivity contribution in [1.29, 1.82) is 0 Å². The molecule has 3 atom stereocenters. The van der Waals surface area contributed by atoms with Crippen LogP contribution < -0.4 is 5.32 Å². The normalized spacial score (nSPS) is 13.8. The number of nitrogens with one attached hydrogen (secondary N) is 1. The zero-order valence-corrected chi connectivity index (χ0v) is 41.4. The van der Waals surface area contributed by atoms with E-state index in [-0.39, 0.29) is 24.9 Å². The SMILES string of the molecule is CCCCC/C=C\C/C=C\C/C=C\C/C=C\CCCC(CC(=O)NC(CO)C(O)CCCCCCCCCCCC)OC(=O)CCCCCCCCC/C=C\C/C=C\CCCCC. The summed E-state index contributed by atoms with van der Waals surface area (Å²) in [6.45, 7) is 6.40. The molecule has 63 heavy (non-hydrogen) atoms. The van der Waals surface area contributed by atoms with Gasteiger partial charge in [0.1, 0.15) is 6.10 Å². The second-order valence-electron chi connectivity index (χ2n) is 17.9. The molecule has 0 saturated heterocycles. The molecule has 0 aromatic heterocycles. The van der Waals surface area contributed by atoms with E-state index in [9.17, 15) is 19.8 Å². The van der Waals surface area contributed by atoms with E-state index in [0.29, 0.717) is 19.3 Å². The lowest BCUT2D eigenvalue weighted by Crippen LogP contribution is -2.46. The van der Waals surface area contributed by atoms with Gasteiger partial charge in [0.25, 0.3) is 0 Å². The van der Waals surface area contributed by atoms with Crippen LogP contribution in [0.15, 0.2) is 72.9 Å². The maximum absolute atomic E-state index is 13.2. The van der Waals surface area contributed by atoms with Crippen molar-refractivity contribution >= 4 is 11.9 Å². The predicted octanol–water partition coefficient (Wildman–Crippen LogP) is 16.2. The lowest BCUT2D eigenvalue weighted by Gasteiger charge is -2.24. The van der Waals surface area contributed by atoms with Crippen LogP contribution in [0.4, 0.5) is 0 Å².